The maximum Gasteiger partial charge on any atom is 0.292 e. The Morgan fingerprint density at radius 3 is 2.71 bits per heavy atom. The van der Waals surface area contributed by atoms with Crippen LogP contribution in [-0.2, 0) is 0 Å². The minimum Gasteiger partial charge on any atom is -0.390 e. The van der Waals surface area contributed by atoms with Gasteiger partial charge >= 0.3 is 0 Å². The smallest absolute Gasteiger partial charge is 0.292 e. The largest absolute Gasteiger partial charge is 0.390 e. The number of nitrogens with zero attached hydrogens (tertiary/aromatic N) is 1. The van der Waals surface area contributed by atoms with E-state index in [-0.39, 0.29) is 18.1 Å². The van der Waals surface area contributed by atoms with Gasteiger partial charge in [0.2, 0.25) is 0 Å². The van der Waals surface area contributed by atoms with Crippen molar-refractivity contribution in [3.63, 3.8) is 0 Å². The summed E-state index contributed by atoms with van der Waals surface area (Å²) in [7, 11) is 0. The SMILES string of the molecule is Cc1ccc([N+](=O)[O-])c(NCC(O)CCl)c1C. The number of benzene rings is 1. The topological polar surface area (TPSA) is 75.4 Å². The van der Waals surface area contributed by atoms with Crippen molar-refractivity contribution in [3.8, 4) is 0 Å². The molecule has 0 aliphatic rings. The van der Waals surface area contributed by atoms with Crippen LogP contribution in [0.4, 0.5) is 11.4 Å². The van der Waals surface area contributed by atoms with Gasteiger partial charge in [-0.05, 0) is 25.0 Å². The molecule has 1 rings (SSSR count). The van der Waals surface area contributed by atoms with Crippen LogP contribution >= 0.6 is 11.6 Å². The Bertz CT molecular complexity index is 423. The Labute approximate surface area is 105 Å². The Hall–Kier alpha value is -1.33. The molecule has 0 aromatic heterocycles. The van der Waals surface area contributed by atoms with Crippen molar-refractivity contribution >= 4 is 23.0 Å². The van der Waals surface area contributed by atoms with E-state index in [4.69, 9.17) is 11.6 Å². The first-order chi connectivity index (χ1) is 7.97. The maximum absolute atomic E-state index is 10.9. The Balaban J connectivity index is 3.02. The lowest BCUT2D eigenvalue weighted by Gasteiger charge is -2.13. The molecule has 1 aromatic carbocycles. The molecule has 1 unspecified atom stereocenters. The second-order valence-electron chi connectivity index (χ2n) is 3.85. The van der Waals surface area contributed by atoms with Crippen molar-refractivity contribution in [3.05, 3.63) is 33.4 Å². The minimum absolute atomic E-state index is 0.00914. The van der Waals surface area contributed by atoms with E-state index in [1.54, 1.807) is 13.0 Å². The molecular formula is C11H15ClN2O3. The van der Waals surface area contributed by atoms with Gasteiger partial charge in [-0.15, -0.1) is 11.6 Å². The normalized spacial score (nSPS) is 12.2. The summed E-state index contributed by atoms with van der Waals surface area (Å²) in [6.07, 6.45) is -0.726. The number of hydrogen-bond donors (Lipinski definition) is 2. The molecule has 0 fully saturated rings. The van der Waals surface area contributed by atoms with E-state index in [0.717, 1.165) is 11.1 Å². The summed E-state index contributed by atoms with van der Waals surface area (Å²) in [5.41, 5.74) is 2.22. The van der Waals surface area contributed by atoms with Crippen LogP contribution in [0.2, 0.25) is 0 Å². The van der Waals surface area contributed by atoms with Crippen molar-refractivity contribution in [2.75, 3.05) is 17.7 Å². The number of aryl methyl sites for hydroxylation is 1. The molecule has 1 atom stereocenters. The van der Waals surface area contributed by atoms with E-state index in [0.29, 0.717) is 5.69 Å². The van der Waals surface area contributed by atoms with Crippen LogP contribution in [0.3, 0.4) is 0 Å². The molecule has 5 nitrogen and oxygen atoms in total. The molecule has 6 heteroatoms. The summed E-state index contributed by atoms with van der Waals surface area (Å²) in [6, 6.07) is 3.16. The zero-order valence-electron chi connectivity index (χ0n) is 9.74. The van der Waals surface area contributed by atoms with Gasteiger partial charge in [0, 0.05) is 12.6 Å². The number of nitrogens with one attached hydrogen (secondary N) is 1. The average Bonchev–Trinajstić information content (AvgIpc) is 2.30. The van der Waals surface area contributed by atoms with E-state index < -0.39 is 11.0 Å². The van der Waals surface area contributed by atoms with Crippen molar-refractivity contribution in [2.24, 2.45) is 0 Å². The number of hydrogen-bond acceptors (Lipinski definition) is 4. The Morgan fingerprint density at radius 1 is 1.53 bits per heavy atom. The van der Waals surface area contributed by atoms with Crippen LogP contribution in [0, 0.1) is 24.0 Å². The van der Waals surface area contributed by atoms with Crippen LogP contribution in [0.1, 0.15) is 11.1 Å². The highest BCUT2D eigenvalue weighted by molar-refractivity contribution is 6.18. The summed E-state index contributed by atoms with van der Waals surface area (Å²) in [5, 5.41) is 23.1. The monoisotopic (exact) mass is 258 g/mol. The molecule has 0 aliphatic heterocycles. The summed E-state index contributed by atoms with van der Waals surface area (Å²) >= 11 is 5.47. The fourth-order valence-corrected chi connectivity index (χ4v) is 1.56. The van der Waals surface area contributed by atoms with Gasteiger partial charge in [0.25, 0.3) is 5.69 Å². The third-order valence-electron chi connectivity index (χ3n) is 2.60. The second kappa shape index (κ2) is 5.84. The minimum atomic E-state index is -0.726. The van der Waals surface area contributed by atoms with E-state index in [1.807, 2.05) is 6.92 Å². The lowest BCUT2D eigenvalue weighted by atomic mass is 10.1. The molecular weight excluding hydrogens is 244 g/mol. The third kappa shape index (κ3) is 3.31. The molecule has 17 heavy (non-hydrogen) atoms. The fraction of sp³-hybridized carbons (Fsp3) is 0.455. The highest BCUT2D eigenvalue weighted by Gasteiger charge is 2.17. The van der Waals surface area contributed by atoms with Crippen LogP contribution in [-0.4, -0.2) is 28.6 Å². The summed E-state index contributed by atoms with van der Waals surface area (Å²) in [6.45, 7) is 3.87. The zero-order valence-corrected chi connectivity index (χ0v) is 10.5. The first-order valence-electron chi connectivity index (χ1n) is 5.19. The average molecular weight is 259 g/mol. The van der Waals surface area contributed by atoms with Gasteiger partial charge in [0.15, 0.2) is 0 Å². The van der Waals surface area contributed by atoms with E-state index >= 15 is 0 Å². The van der Waals surface area contributed by atoms with Gasteiger partial charge < -0.3 is 10.4 Å². The molecule has 0 amide bonds. The molecule has 94 valence electrons. The molecule has 0 radical (unpaired) electrons. The summed E-state index contributed by atoms with van der Waals surface area (Å²) < 4.78 is 0. The van der Waals surface area contributed by atoms with Crippen LogP contribution < -0.4 is 5.32 Å². The highest BCUT2D eigenvalue weighted by atomic mass is 35.5. The maximum atomic E-state index is 10.9. The number of nitro benzene ring substituents is 1. The highest BCUT2D eigenvalue weighted by Crippen LogP contribution is 2.30. The van der Waals surface area contributed by atoms with E-state index in [9.17, 15) is 15.2 Å². The van der Waals surface area contributed by atoms with E-state index in [1.165, 1.54) is 6.07 Å². The van der Waals surface area contributed by atoms with E-state index in [2.05, 4.69) is 5.32 Å². The number of rotatable bonds is 5. The third-order valence-corrected chi connectivity index (χ3v) is 2.96. The fourth-order valence-electron chi connectivity index (χ4n) is 1.45. The zero-order chi connectivity index (χ0) is 13.0. The molecule has 1 aromatic rings. The molecule has 0 spiro atoms. The molecule has 0 saturated carbocycles. The van der Waals surface area contributed by atoms with Gasteiger partial charge in [-0.1, -0.05) is 6.07 Å². The molecule has 0 aliphatic carbocycles. The van der Waals surface area contributed by atoms with Gasteiger partial charge in [-0.3, -0.25) is 10.1 Å². The standard InChI is InChI=1S/C11H15ClN2O3/c1-7-3-4-10(14(16)17)11(8(7)2)13-6-9(15)5-12/h3-4,9,13,15H,5-6H2,1-2H3. The summed E-state index contributed by atoms with van der Waals surface area (Å²) in [5.74, 6) is 0.0889. The number of anilines is 1. The number of nitro groups is 1. The predicted octanol–water partition coefficient (Wildman–Crippen LogP) is 2.22. The van der Waals surface area contributed by atoms with Gasteiger partial charge in [0.1, 0.15) is 5.69 Å². The molecule has 0 bridgehead atoms. The quantitative estimate of drug-likeness (QED) is 0.482. The first-order valence-corrected chi connectivity index (χ1v) is 5.73. The summed E-state index contributed by atoms with van der Waals surface area (Å²) in [4.78, 5) is 10.4. The lowest BCUT2D eigenvalue weighted by Crippen LogP contribution is -2.21. The van der Waals surface area contributed by atoms with Crippen LogP contribution in [0.15, 0.2) is 12.1 Å². The molecule has 0 heterocycles. The number of alkyl halides is 1. The lowest BCUT2D eigenvalue weighted by molar-refractivity contribution is -0.384. The van der Waals surface area contributed by atoms with Gasteiger partial charge in [-0.2, -0.15) is 0 Å². The molecule has 0 saturated heterocycles. The second-order valence-corrected chi connectivity index (χ2v) is 4.16. The predicted molar refractivity (Wildman–Crippen MR) is 67.8 cm³/mol. The van der Waals surface area contributed by atoms with Crippen molar-refractivity contribution in [1.82, 2.24) is 0 Å². The molecule has 2 N–H and O–H groups in total. The Morgan fingerprint density at radius 2 is 2.18 bits per heavy atom. The number of aliphatic hydroxyl groups excluding tert-OH is 1. The van der Waals surface area contributed by atoms with Crippen molar-refractivity contribution in [1.29, 1.82) is 0 Å². The van der Waals surface area contributed by atoms with Crippen LogP contribution in [0.25, 0.3) is 0 Å². The van der Waals surface area contributed by atoms with Crippen molar-refractivity contribution in [2.45, 2.75) is 20.0 Å². The number of halogens is 1. The van der Waals surface area contributed by atoms with Gasteiger partial charge in [-0.25, -0.2) is 0 Å². The van der Waals surface area contributed by atoms with Crippen LogP contribution in [0.5, 0.6) is 0 Å². The number of aliphatic hydroxyl groups is 1. The van der Waals surface area contributed by atoms with Gasteiger partial charge in [0.05, 0.1) is 16.9 Å². The Kier molecular flexibility index (Phi) is 4.72. The van der Waals surface area contributed by atoms with Crippen molar-refractivity contribution < 1.29 is 10.0 Å². The first kappa shape index (κ1) is 13.7.